The van der Waals surface area contributed by atoms with Crippen molar-refractivity contribution in [1.82, 2.24) is 0 Å². The Balaban J connectivity index is 1.82. The van der Waals surface area contributed by atoms with Crippen LogP contribution < -0.4 is 11.1 Å². The topological polar surface area (TPSA) is 72.2 Å². The van der Waals surface area contributed by atoms with Gasteiger partial charge in [0.25, 0.3) is 5.91 Å². The molecule has 3 N–H and O–H groups in total. The van der Waals surface area contributed by atoms with Gasteiger partial charge in [-0.3, -0.25) is 9.59 Å². The smallest absolute Gasteiger partial charge is 0.251 e. The summed E-state index contributed by atoms with van der Waals surface area (Å²) in [7, 11) is 0. The summed E-state index contributed by atoms with van der Waals surface area (Å²) in [5, 5.41) is 3.69. The molecule has 1 heterocycles. The quantitative estimate of drug-likeness (QED) is 0.621. The van der Waals surface area contributed by atoms with E-state index in [0.29, 0.717) is 10.0 Å². The van der Waals surface area contributed by atoms with Crippen LogP contribution in [0.15, 0.2) is 66.7 Å². The van der Waals surface area contributed by atoms with E-state index in [1.807, 2.05) is 42.5 Å². The Morgan fingerprint density at radius 3 is 2.42 bits per heavy atom. The third-order valence-electron chi connectivity index (χ3n) is 3.61. The van der Waals surface area contributed by atoms with E-state index in [4.69, 9.17) is 17.3 Å². The third kappa shape index (κ3) is 4.20. The summed E-state index contributed by atoms with van der Waals surface area (Å²) in [6.07, 6.45) is 2.99. The lowest BCUT2D eigenvalue weighted by atomic mass is 10.1. The molecule has 3 aromatic rings. The summed E-state index contributed by atoms with van der Waals surface area (Å²) >= 11 is 7.37. The Kier molecular flexibility index (Phi) is 5.51. The van der Waals surface area contributed by atoms with Crippen LogP contribution in [0, 0.1) is 0 Å². The van der Waals surface area contributed by atoms with E-state index in [1.54, 1.807) is 24.3 Å². The van der Waals surface area contributed by atoms with Crippen LogP contribution in [0.2, 0.25) is 5.02 Å². The van der Waals surface area contributed by atoms with Gasteiger partial charge in [-0.05, 0) is 29.3 Å². The Labute approximate surface area is 159 Å². The highest BCUT2D eigenvalue weighted by Gasteiger charge is 2.16. The van der Waals surface area contributed by atoms with Crippen LogP contribution in [0.3, 0.4) is 0 Å². The van der Waals surface area contributed by atoms with Gasteiger partial charge in [0.1, 0.15) is 5.00 Å². The zero-order chi connectivity index (χ0) is 18.5. The maximum atomic E-state index is 12.2. The van der Waals surface area contributed by atoms with Crippen LogP contribution >= 0.6 is 22.9 Å². The van der Waals surface area contributed by atoms with Crippen LogP contribution in [-0.4, -0.2) is 11.8 Å². The van der Waals surface area contributed by atoms with Crippen molar-refractivity contribution >= 4 is 45.8 Å². The number of hydrogen-bond acceptors (Lipinski definition) is 3. The fourth-order valence-electron chi connectivity index (χ4n) is 2.34. The molecule has 0 aliphatic heterocycles. The van der Waals surface area contributed by atoms with Gasteiger partial charge in [-0.15, -0.1) is 11.3 Å². The molecular weight excluding hydrogens is 368 g/mol. The van der Waals surface area contributed by atoms with Crippen molar-refractivity contribution in [2.45, 2.75) is 0 Å². The Morgan fingerprint density at radius 2 is 1.73 bits per heavy atom. The van der Waals surface area contributed by atoms with Gasteiger partial charge in [0.2, 0.25) is 5.91 Å². The molecule has 0 unspecified atom stereocenters. The molecule has 0 spiro atoms. The molecule has 0 saturated carbocycles. The van der Waals surface area contributed by atoms with Crippen molar-refractivity contribution < 1.29 is 9.59 Å². The van der Waals surface area contributed by atoms with Gasteiger partial charge in [0.15, 0.2) is 0 Å². The van der Waals surface area contributed by atoms with Crippen LogP contribution in [0.4, 0.5) is 5.00 Å². The van der Waals surface area contributed by atoms with Gasteiger partial charge < -0.3 is 11.1 Å². The molecule has 1 aromatic heterocycles. The minimum atomic E-state index is -0.589. The summed E-state index contributed by atoms with van der Waals surface area (Å²) in [6.45, 7) is 0. The van der Waals surface area contributed by atoms with E-state index < -0.39 is 5.91 Å². The first kappa shape index (κ1) is 17.9. The average Bonchev–Trinajstić information content (AvgIpc) is 3.06. The highest BCUT2D eigenvalue weighted by Crippen LogP contribution is 2.35. The van der Waals surface area contributed by atoms with Crippen molar-refractivity contribution in [2.75, 3.05) is 5.32 Å². The summed E-state index contributed by atoms with van der Waals surface area (Å²) in [6, 6.07) is 18.5. The molecule has 130 valence electrons. The fraction of sp³-hybridized carbons (Fsp3) is 0. The number of halogens is 1. The molecule has 0 aliphatic carbocycles. The monoisotopic (exact) mass is 382 g/mol. The maximum Gasteiger partial charge on any atom is 0.251 e. The van der Waals surface area contributed by atoms with E-state index in [-0.39, 0.29) is 11.5 Å². The number of benzene rings is 2. The van der Waals surface area contributed by atoms with Gasteiger partial charge >= 0.3 is 0 Å². The largest absolute Gasteiger partial charge is 0.366 e. The molecule has 0 saturated heterocycles. The first-order valence-electron chi connectivity index (χ1n) is 7.77. The molecule has 2 aromatic carbocycles. The minimum absolute atomic E-state index is 0.286. The first-order chi connectivity index (χ1) is 12.5. The summed E-state index contributed by atoms with van der Waals surface area (Å²) in [5.74, 6) is -0.956. The first-order valence-corrected chi connectivity index (χ1v) is 8.96. The second-order valence-corrected chi connectivity index (χ2v) is 6.89. The van der Waals surface area contributed by atoms with Gasteiger partial charge in [0, 0.05) is 16.0 Å². The molecule has 3 rings (SSSR count). The minimum Gasteiger partial charge on any atom is -0.366 e. The molecule has 6 heteroatoms. The average molecular weight is 383 g/mol. The number of thiophene rings is 1. The van der Waals surface area contributed by atoms with Gasteiger partial charge in [-0.2, -0.15) is 0 Å². The van der Waals surface area contributed by atoms with Crippen LogP contribution in [0.1, 0.15) is 15.9 Å². The highest BCUT2D eigenvalue weighted by atomic mass is 35.5. The van der Waals surface area contributed by atoms with Crippen molar-refractivity contribution in [2.24, 2.45) is 5.73 Å². The molecule has 4 nitrogen and oxygen atoms in total. The van der Waals surface area contributed by atoms with E-state index >= 15 is 0 Å². The van der Waals surface area contributed by atoms with Crippen LogP contribution in [0.5, 0.6) is 0 Å². The standard InChI is InChI=1S/C20H15ClN2O2S/c21-16-9-5-4-6-13(16)10-11-18(24)23-20-15(19(22)25)12-17(26-20)14-7-2-1-3-8-14/h1-12H,(H2,22,25)(H,23,24)/b11-10+. The second-order valence-electron chi connectivity index (χ2n) is 5.43. The van der Waals surface area contributed by atoms with Crippen molar-refractivity contribution in [3.05, 3.63) is 82.9 Å². The van der Waals surface area contributed by atoms with Crippen molar-refractivity contribution in [1.29, 1.82) is 0 Å². The molecule has 26 heavy (non-hydrogen) atoms. The summed E-state index contributed by atoms with van der Waals surface area (Å²) < 4.78 is 0. The molecule has 0 aliphatic rings. The van der Waals surface area contributed by atoms with E-state index in [2.05, 4.69) is 5.32 Å². The Hall–Kier alpha value is -2.89. The SMILES string of the molecule is NC(=O)c1cc(-c2ccccc2)sc1NC(=O)/C=C/c1ccccc1Cl. The molecular formula is C20H15ClN2O2S. The van der Waals surface area contributed by atoms with Gasteiger partial charge in [0.05, 0.1) is 5.56 Å². The summed E-state index contributed by atoms with van der Waals surface area (Å²) in [4.78, 5) is 24.8. The predicted molar refractivity (Wildman–Crippen MR) is 107 cm³/mol. The fourth-order valence-corrected chi connectivity index (χ4v) is 3.61. The number of primary amides is 1. The lowest BCUT2D eigenvalue weighted by Gasteiger charge is -2.01. The van der Waals surface area contributed by atoms with E-state index in [0.717, 1.165) is 16.0 Å². The maximum absolute atomic E-state index is 12.2. The highest BCUT2D eigenvalue weighted by molar-refractivity contribution is 7.20. The zero-order valence-corrected chi connectivity index (χ0v) is 15.2. The lowest BCUT2D eigenvalue weighted by Crippen LogP contribution is -2.14. The number of carbonyl (C=O) groups is 2. The number of rotatable bonds is 5. The molecule has 2 amide bonds. The number of anilines is 1. The van der Waals surface area contributed by atoms with Crippen LogP contribution in [0.25, 0.3) is 16.5 Å². The zero-order valence-electron chi connectivity index (χ0n) is 13.6. The predicted octanol–water partition coefficient (Wildman–Crippen LogP) is 4.82. The summed E-state index contributed by atoms with van der Waals surface area (Å²) in [5.41, 5.74) is 7.42. The Morgan fingerprint density at radius 1 is 1.04 bits per heavy atom. The third-order valence-corrected chi connectivity index (χ3v) is 5.06. The Bertz CT molecular complexity index is 980. The lowest BCUT2D eigenvalue weighted by molar-refractivity contribution is -0.111. The molecule has 0 atom stereocenters. The molecule has 0 fully saturated rings. The van der Waals surface area contributed by atoms with E-state index in [9.17, 15) is 9.59 Å². The van der Waals surface area contributed by atoms with Gasteiger partial charge in [-0.25, -0.2) is 0 Å². The second kappa shape index (κ2) is 7.99. The van der Waals surface area contributed by atoms with Crippen LogP contribution in [-0.2, 0) is 4.79 Å². The van der Waals surface area contributed by atoms with Crippen molar-refractivity contribution in [3.63, 3.8) is 0 Å². The number of carbonyl (C=O) groups excluding carboxylic acids is 2. The number of amides is 2. The normalized spacial score (nSPS) is 10.8. The van der Waals surface area contributed by atoms with Gasteiger partial charge in [-0.1, -0.05) is 60.1 Å². The molecule has 0 bridgehead atoms. The number of nitrogens with one attached hydrogen (secondary N) is 1. The molecule has 0 radical (unpaired) electrons. The number of hydrogen-bond donors (Lipinski definition) is 2. The van der Waals surface area contributed by atoms with E-state index in [1.165, 1.54) is 17.4 Å². The number of nitrogens with two attached hydrogens (primary N) is 1. The van der Waals surface area contributed by atoms with Crippen molar-refractivity contribution in [3.8, 4) is 10.4 Å².